The van der Waals surface area contributed by atoms with E-state index in [1.54, 1.807) is 0 Å². The van der Waals surface area contributed by atoms with Gasteiger partial charge in [-0.25, -0.2) is 0 Å². The van der Waals surface area contributed by atoms with Gasteiger partial charge in [0, 0.05) is 5.54 Å². The Hall–Kier alpha value is -1.22. The second-order valence-electron chi connectivity index (χ2n) is 5.61. The molecule has 19 heavy (non-hydrogen) atoms. The van der Waals surface area contributed by atoms with Crippen LogP contribution in [0.25, 0.3) is 0 Å². The first kappa shape index (κ1) is 15.8. The van der Waals surface area contributed by atoms with Crippen molar-refractivity contribution in [1.82, 2.24) is 5.32 Å². The summed E-state index contributed by atoms with van der Waals surface area (Å²) in [6.45, 7) is 11.0. The summed E-state index contributed by atoms with van der Waals surface area (Å²) < 4.78 is 11.3. The van der Waals surface area contributed by atoms with Crippen molar-refractivity contribution < 1.29 is 9.47 Å². The zero-order valence-corrected chi connectivity index (χ0v) is 12.7. The van der Waals surface area contributed by atoms with Gasteiger partial charge in [0.2, 0.25) is 0 Å². The normalized spacial score (nSPS) is 11.4. The summed E-state index contributed by atoms with van der Waals surface area (Å²) in [5.41, 5.74) is 0.197. The third-order valence-corrected chi connectivity index (χ3v) is 2.63. The smallest absolute Gasteiger partial charge is 0.161 e. The lowest BCUT2D eigenvalue weighted by Crippen LogP contribution is -2.36. The van der Waals surface area contributed by atoms with Crippen LogP contribution in [0.4, 0.5) is 0 Å². The van der Waals surface area contributed by atoms with Gasteiger partial charge in [-0.3, -0.25) is 0 Å². The monoisotopic (exact) mass is 265 g/mol. The molecule has 1 aromatic rings. The van der Waals surface area contributed by atoms with Gasteiger partial charge in [-0.1, -0.05) is 12.1 Å². The molecule has 0 fully saturated rings. The van der Waals surface area contributed by atoms with Crippen molar-refractivity contribution in [3.8, 4) is 11.5 Å². The van der Waals surface area contributed by atoms with E-state index in [1.807, 2.05) is 31.2 Å². The molecule has 1 N–H and O–H groups in total. The number of unbranched alkanes of at least 4 members (excludes halogenated alkanes) is 1. The second kappa shape index (κ2) is 8.05. The first-order valence-electron chi connectivity index (χ1n) is 7.12. The van der Waals surface area contributed by atoms with E-state index < -0.39 is 0 Å². The number of ether oxygens (including phenoxy) is 2. The molecule has 0 radical (unpaired) electrons. The summed E-state index contributed by atoms with van der Waals surface area (Å²) in [6, 6.07) is 7.84. The molecular weight excluding hydrogens is 238 g/mol. The Morgan fingerprint density at radius 2 is 1.63 bits per heavy atom. The van der Waals surface area contributed by atoms with Crippen molar-refractivity contribution in [1.29, 1.82) is 0 Å². The Bertz CT molecular complexity index is 358. The van der Waals surface area contributed by atoms with E-state index in [4.69, 9.17) is 9.47 Å². The second-order valence-corrected chi connectivity index (χ2v) is 5.61. The van der Waals surface area contributed by atoms with Crippen LogP contribution in [0.15, 0.2) is 24.3 Å². The molecule has 0 spiro atoms. The molecule has 0 atom stereocenters. The Balaban J connectivity index is 2.22. The molecular formula is C16H27NO2. The summed E-state index contributed by atoms with van der Waals surface area (Å²) in [4.78, 5) is 0. The molecule has 0 bridgehead atoms. The van der Waals surface area contributed by atoms with Gasteiger partial charge in [-0.2, -0.15) is 0 Å². The van der Waals surface area contributed by atoms with Crippen molar-refractivity contribution in [3.63, 3.8) is 0 Å². The minimum atomic E-state index is 0.197. The maximum Gasteiger partial charge on any atom is 0.161 e. The molecule has 0 aliphatic rings. The van der Waals surface area contributed by atoms with E-state index in [-0.39, 0.29) is 5.54 Å². The third-order valence-electron chi connectivity index (χ3n) is 2.63. The summed E-state index contributed by atoms with van der Waals surface area (Å²) >= 11 is 0. The average molecular weight is 265 g/mol. The van der Waals surface area contributed by atoms with Crippen molar-refractivity contribution in [2.75, 3.05) is 19.8 Å². The van der Waals surface area contributed by atoms with Crippen molar-refractivity contribution in [2.45, 2.75) is 46.1 Å². The summed E-state index contributed by atoms with van der Waals surface area (Å²) in [5.74, 6) is 1.67. The molecule has 1 aromatic carbocycles. The molecule has 108 valence electrons. The maximum atomic E-state index is 5.77. The largest absolute Gasteiger partial charge is 0.490 e. The highest BCUT2D eigenvalue weighted by atomic mass is 16.5. The van der Waals surface area contributed by atoms with E-state index in [1.165, 1.54) is 0 Å². The number of hydrogen-bond acceptors (Lipinski definition) is 3. The minimum absolute atomic E-state index is 0.197. The molecule has 0 aromatic heterocycles. The van der Waals surface area contributed by atoms with Crippen LogP contribution in [0.5, 0.6) is 11.5 Å². The fraction of sp³-hybridized carbons (Fsp3) is 0.625. The lowest BCUT2D eigenvalue weighted by atomic mass is 10.1. The zero-order chi connectivity index (χ0) is 14.1. The third kappa shape index (κ3) is 7.06. The van der Waals surface area contributed by atoms with Crippen LogP contribution in [0.3, 0.4) is 0 Å². The van der Waals surface area contributed by atoms with Crippen molar-refractivity contribution >= 4 is 0 Å². The van der Waals surface area contributed by atoms with Gasteiger partial charge >= 0.3 is 0 Å². The highest BCUT2D eigenvalue weighted by molar-refractivity contribution is 5.39. The number of para-hydroxylation sites is 2. The Kier molecular flexibility index (Phi) is 6.71. The van der Waals surface area contributed by atoms with Gasteiger partial charge in [0.25, 0.3) is 0 Å². The molecule has 0 saturated heterocycles. The van der Waals surface area contributed by atoms with Crippen LogP contribution >= 0.6 is 0 Å². The van der Waals surface area contributed by atoms with E-state index >= 15 is 0 Å². The molecule has 1 rings (SSSR count). The topological polar surface area (TPSA) is 30.5 Å². The number of rotatable bonds is 8. The summed E-state index contributed by atoms with van der Waals surface area (Å²) in [7, 11) is 0. The quantitative estimate of drug-likeness (QED) is 0.728. The highest BCUT2D eigenvalue weighted by Gasteiger charge is 2.07. The van der Waals surface area contributed by atoms with Crippen LogP contribution in [-0.4, -0.2) is 25.3 Å². The molecule has 3 heteroatoms. The predicted octanol–water partition coefficient (Wildman–Crippen LogP) is 3.63. The van der Waals surface area contributed by atoms with Crippen LogP contribution < -0.4 is 14.8 Å². The van der Waals surface area contributed by atoms with Crippen molar-refractivity contribution in [3.05, 3.63) is 24.3 Å². The van der Waals surface area contributed by atoms with E-state index in [0.29, 0.717) is 6.61 Å². The Morgan fingerprint density at radius 3 is 2.21 bits per heavy atom. The lowest BCUT2D eigenvalue weighted by Gasteiger charge is -2.20. The lowest BCUT2D eigenvalue weighted by molar-refractivity contribution is 0.269. The van der Waals surface area contributed by atoms with E-state index in [2.05, 4.69) is 26.1 Å². The van der Waals surface area contributed by atoms with Gasteiger partial charge < -0.3 is 14.8 Å². The molecule has 0 aliphatic carbocycles. The number of hydrogen-bond donors (Lipinski definition) is 1. The molecule has 0 unspecified atom stereocenters. The molecule has 0 aliphatic heterocycles. The van der Waals surface area contributed by atoms with Gasteiger partial charge in [0.1, 0.15) is 0 Å². The van der Waals surface area contributed by atoms with E-state index in [9.17, 15) is 0 Å². The van der Waals surface area contributed by atoms with Crippen molar-refractivity contribution in [2.24, 2.45) is 0 Å². The fourth-order valence-corrected chi connectivity index (χ4v) is 1.72. The van der Waals surface area contributed by atoms with Gasteiger partial charge in [-0.05, 0) is 59.2 Å². The maximum absolute atomic E-state index is 5.77. The molecule has 0 amide bonds. The van der Waals surface area contributed by atoms with Crippen LogP contribution in [-0.2, 0) is 0 Å². The number of benzene rings is 1. The van der Waals surface area contributed by atoms with Crippen LogP contribution in [0.2, 0.25) is 0 Å². The Labute approximate surface area is 117 Å². The first-order valence-corrected chi connectivity index (χ1v) is 7.12. The molecule has 3 nitrogen and oxygen atoms in total. The van der Waals surface area contributed by atoms with Gasteiger partial charge in [-0.15, -0.1) is 0 Å². The zero-order valence-electron chi connectivity index (χ0n) is 12.7. The average Bonchev–Trinajstić information content (AvgIpc) is 2.34. The van der Waals surface area contributed by atoms with Gasteiger partial charge in [0.05, 0.1) is 13.2 Å². The number of nitrogens with one attached hydrogen (secondary N) is 1. The standard InChI is InChI=1S/C16H27NO2/c1-5-18-14-10-6-7-11-15(14)19-13-9-8-12-17-16(2,3)4/h6-7,10-11,17H,5,8-9,12-13H2,1-4H3. The van der Waals surface area contributed by atoms with Crippen LogP contribution in [0.1, 0.15) is 40.5 Å². The predicted molar refractivity (Wildman–Crippen MR) is 80.1 cm³/mol. The molecule has 0 heterocycles. The highest BCUT2D eigenvalue weighted by Crippen LogP contribution is 2.26. The van der Waals surface area contributed by atoms with Gasteiger partial charge in [0.15, 0.2) is 11.5 Å². The SMILES string of the molecule is CCOc1ccccc1OCCCCNC(C)(C)C. The Morgan fingerprint density at radius 1 is 1.00 bits per heavy atom. The first-order chi connectivity index (χ1) is 9.03. The molecule has 0 saturated carbocycles. The fourth-order valence-electron chi connectivity index (χ4n) is 1.72. The minimum Gasteiger partial charge on any atom is -0.490 e. The summed E-state index contributed by atoms with van der Waals surface area (Å²) in [6.07, 6.45) is 2.16. The van der Waals surface area contributed by atoms with E-state index in [0.717, 1.165) is 37.5 Å². The summed E-state index contributed by atoms with van der Waals surface area (Å²) in [5, 5.41) is 3.47. The van der Waals surface area contributed by atoms with Crippen LogP contribution in [0, 0.1) is 0 Å².